The van der Waals surface area contributed by atoms with Crippen LogP contribution in [0.15, 0.2) is 0 Å². The van der Waals surface area contributed by atoms with Gasteiger partial charge in [0.1, 0.15) is 0 Å². The average molecular weight is 159 g/mol. The molecule has 1 aliphatic rings. The molecule has 1 fully saturated rings. The molecule has 1 saturated heterocycles. The Morgan fingerprint density at radius 2 is 2.18 bits per heavy atom. The van der Waals surface area contributed by atoms with Gasteiger partial charge in [-0.05, 0) is 0 Å². The number of hydroxylamine groups is 2. The second kappa shape index (κ2) is 2.20. The van der Waals surface area contributed by atoms with E-state index in [9.17, 15) is 19.6 Å². The highest BCUT2D eigenvalue weighted by Gasteiger charge is 2.38. The van der Waals surface area contributed by atoms with Crippen LogP contribution >= 0.6 is 0 Å². The molecular weight excluding hydrogens is 156 g/mol. The predicted molar refractivity (Wildman–Crippen MR) is 30.2 cm³/mol. The number of carbonyl (C=O) groups excluding carboxylic acids is 2. The van der Waals surface area contributed by atoms with E-state index in [-0.39, 0.29) is 0 Å². The van der Waals surface area contributed by atoms with Gasteiger partial charge in [0.15, 0.2) is 0 Å². The number of hydrogen-bond donors (Lipinski definition) is 2. The van der Waals surface area contributed by atoms with E-state index in [1.54, 1.807) is 5.32 Å². The number of nitrogens with zero attached hydrogens (tertiary/aromatic N) is 1. The zero-order valence-corrected chi connectivity index (χ0v) is 5.10. The van der Waals surface area contributed by atoms with Gasteiger partial charge in [-0.25, -0.2) is 9.59 Å². The number of amides is 3. The number of hydrogen-bond acceptors (Lipinski definition) is 4. The average Bonchev–Trinajstić information content (AvgIpc) is 2.07. The van der Waals surface area contributed by atoms with Gasteiger partial charge < -0.3 is 15.4 Å². The first-order valence-electron chi connectivity index (χ1n) is 2.58. The topological polar surface area (TPSA) is 110 Å². The number of imide groups is 1. The van der Waals surface area contributed by atoms with Crippen LogP contribution in [0.1, 0.15) is 0 Å². The summed E-state index contributed by atoms with van der Waals surface area (Å²) in [6.07, 6.45) is 0. The molecule has 1 atom stereocenters. The molecule has 1 heterocycles. The van der Waals surface area contributed by atoms with E-state index in [0.717, 1.165) is 0 Å². The Hall–Kier alpha value is -1.63. The van der Waals surface area contributed by atoms with E-state index in [0.29, 0.717) is 0 Å². The molecular formula is C4H3N2O5-. The van der Waals surface area contributed by atoms with Crippen LogP contribution in [0.25, 0.3) is 0 Å². The van der Waals surface area contributed by atoms with Crippen LogP contribution in [-0.2, 0) is 9.59 Å². The SMILES string of the molecule is O=C(O)C1C(=O)NC(=O)N1[O-]. The van der Waals surface area contributed by atoms with Crippen molar-refractivity contribution >= 4 is 17.9 Å². The van der Waals surface area contributed by atoms with Crippen molar-refractivity contribution in [3.63, 3.8) is 0 Å². The fourth-order valence-corrected chi connectivity index (χ4v) is 0.665. The number of aliphatic carboxylic acids is 1. The fraction of sp³-hybridized carbons (Fsp3) is 0.250. The number of urea groups is 1. The summed E-state index contributed by atoms with van der Waals surface area (Å²) in [4.78, 5) is 30.9. The number of carboxylic acid groups (broad SMARTS) is 1. The molecule has 1 aliphatic heterocycles. The summed E-state index contributed by atoms with van der Waals surface area (Å²) in [6.45, 7) is 0. The Kier molecular flexibility index (Phi) is 1.50. The lowest BCUT2D eigenvalue weighted by Gasteiger charge is -2.22. The van der Waals surface area contributed by atoms with Crippen molar-refractivity contribution in [3.8, 4) is 0 Å². The van der Waals surface area contributed by atoms with Crippen molar-refractivity contribution in [1.82, 2.24) is 10.4 Å². The largest absolute Gasteiger partial charge is 0.754 e. The van der Waals surface area contributed by atoms with Crippen molar-refractivity contribution < 1.29 is 19.5 Å². The molecule has 0 aromatic heterocycles. The first kappa shape index (κ1) is 7.48. The predicted octanol–water partition coefficient (Wildman–Crippen LogP) is -1.51. The molecule has 1 unspecified atom stereocenters. The third-order valence-corrected chi connectivity index (χ3v) is 1.15. The van der Waals surface area contributed by atoms with Crippen molar-refractivity contribution in [2.45, 2.75) is 6.04 Å². The molecule has 0 spiro atoms. The summed E-state index contributed by atoms with van der Waals surface area (Å²) in [5.74, 6) is -2.74. The highest BCUT2D eigenvalue weighted by Crippen LogP contribution is 2.05. The first-order valence-corrected chi connectivity index (χ1v) is 2.58. The minimum atomic E-state index is -1.93. The molecule has 0 radical (unpaired) electrons. The standard InChI is InChI=1S/C4H3N2O5/c7-2-1(3(8)9)6(11)4(10)5-2/h1H,(H,8,9)(H,5,7,10)/q-1. The number of rotatable bonds is 1. The van der Waals surface area contributed by atoms with Gasteiger partial charge in [0.05, 0.1) is 0 Å². The Morgan fingerprint density at radius 3 is 2.36 bits per heavy atom. The molecule has 0 bridgehead atoms. The van der Waals surface area contributed by atoms with Crippen LogP contribution in [0.5, 0.6) is 0 Å². The second-order valence-electron chi connectivity index (χ2n) is 1.86. The van der Waals surface area contributed by atoms with E-state index < -0.39 is 29.0 Å². The zero-order chi connectivity index (χ0) is 8.59. The van der Waals surface area contributed by atoms with Crippen LogP contribution in [0, 0.1) is 5.21 Å². The van der Waals surface area contributed by atoms with Gasteiger partial charge in [0.25, 0.3) is 5.91 Å². The Labute approximate surface area is 60.2 Å². The van der Waals surface area contributed by atoms with Crippen LogP contribution in [0.4, 0.5) is 4.79 Å². The van der Waals surface area contributed by atoms with Crippen LogP contribution in [0.3, 0.4) is 0 Å². The van der Waals surface area contributed by atoms with Gasteiger partial charge in [-0.3, -0.25) is 10.1 Å². The number of nitrogens with one attached hydrogen (secondary N) is 1. The molecule has 1 rings (SSSR count). The Bertz CT molecular complexity index is 237. The lowest BCUT2D eigenvalue weighted by molar-refractivity contribution is -0.144. The summed E-state index contributed by atoms with van der Waals surface area (Å²) < 4.78 is 0. The number of carboxylic acids is 1. The molecule has 0 aromatic rings. The summed E-state index contributed by atoms with van der Waals surface area (Å²) in [7, 11) is 0. The maximum Gasteiger partial charge on any atom is 0.335 e. The minimum Gasteiger partial charge on any atom is -0.754 e. The molecule has 11 heavy (non-hydrogen) atoms. The highest BCUT2D eigenvalue weighted by atomic mass is 16.5. The normalized spacial score (nSPS) is 23.7. The van der Waals surface area contributed by atoms with Crippen molar-refractivity contribution in [2.24, 2.45) is 0 Å². The van der Waals surface area contributed by atoms with Gasteiger partial charge in [-0.15, -0.1) is 0 Å². The summed E-state index contributed by atoms with van der Waals surface area (Å²) >= 11 is 0. The quantitative estimate of drug-likeness (QED) is 0.357. The van der Waals surface area contributed by atoms with E-state index in [1.165, 1.54) is 0 Å². The maximum absolute atomic E-state index is 10.5. The van der Waals surface area contributed by atoms with Gasteiger partial charge in [-0.1, -0.05) is 0 Å². The van der Waals surface area contributed by atoms with Crippen LogP contribution in [0.2, 0.25) is 0 Å². The van der Waals surface area contributed by atoms with Gasteiger partial charge >= 0.3 is 12.0 Å². The third kappa shape index (κ3) is 1.01. The van der Waals surface area contributed by atoms with E-state index in [4.69, 9.17) is 5.11 Å². The third-order valence-electron chi connectivity index (χ3n) is 1.15. The van der Waals surface area contributed by atoms with Crippen molar-refractivity contribution in [1.29, 1.82) is 0 Å². The lowest BCUT2D eigenvalue weighted by Crippen LogP contribution is -2.37. The first-order chi connectivity index (χ1) is 5.04. The van der Waals surface area contributed by atoms with Crippen LogP contribution < -0.4 is 5.32 Å². The van der Waals surface area contributed by atoms with Crippen molar-refractivity contribution in [3.05, 3.63) is 5.21 Å². The van der Waals surface area contributed by atoms with Gasteiger partial charge in [-0.2, -0.15) is 0 Å². The summed E-state index contributed by atoms with van der Waals surface area (Å²) in [6, 6.07) is -3.16. The van der Waals surface area contributed by atoms with Gasteiger partial charge in [0, 0.05) is 0 Å². The molecule has 7 heteroatoms. The zero-order valence-electron chi connectivity index (χ0n) is 5.10. The van der Waals surface area contributed by atoms with Crippen molar-refractivity contribution in [2.75, 3.05) is 0 Å². The van der Waals surface area contributed by atoms with Crippen LogP contribution in [-0.4, -0.2) is 34.1 Å². The summed E-state index contributed by atoms with van der Waals surface area (Å²) in [5.41, 5.74) is 0. The van der Waals surface area contributed by atoms with E-state index >= 15 is 0 Å². The monoisotopic (exact) mass is 159 g/mol. The minimum absolute atomic E-state index is 0.412. The second-order valence-corrected chi connectivity index (χ2v) is 1.86. The molecule has 0 saturated carbocycles. The van der Waals surface area contributed by atoms with E-state index in [2.05, 4.69) is 0 Å². The lowest BCUT2D eigenvalue weighted by atomic mass is 10.3. The van der Waals surface area contributed by atoms with Gasteiger partial charge in [0.2, 0.25) is 6.04 Å². The molecule has 60 valence electrons. The smallest absolute Gasteiger partial charge is 0.335 e. The molecule has 7 nitrogen and oxygen atoms in total. The fourth-order valence-electron chi connectivity index (χ4n) is 0.665. The highest BCUT2D eigenvalue weighted by molar-refractivity contribution is 6.14. The molecule has 2 N–H and O–H groups in total. The van der Waals surface area contributed by atoms with E-state index in [1.807, 2.05) is 0 Å². The molecule has 3 amide bonds. The Morgan fingerprint density at radius 1 is 1.64 bits per heavy atom. The maximum atomic E-state index is 10.5. The molecule has 0 aliphatic carbocycles. The summed E-state index contributed by atoms with van der Waals surface area (Å²) in [5, 5.41) is 19.8. The number of carbonyl (C=O) groups is 3. The Balaban J connectivity index is 2.88. The molecule has 0 aromatic carbocycles.